The van der Waals surface area contributed by atoms with Crippen molar-refractivity contribution in [2.45, 2.75) is 19.8 Å². The van der Waals surface area contributed by atoms with Crippen LogP contribution in [0.3, 0.4) is 0 Å². The molecule has 0 N–H and O–H groups in total. The lowest BCUT2D eigenvalue weighted by atomic mass is 9.99. The highest BCUT2D eigenvalue weighted by molar-refractivity contribution is 6.31. The number of pyridine rings is 1. The number of rotatable bonds is 1. The Labute approximate surface area is 113 Å². The zero-order valence-corrected chi connectivity index (χ0v) is 11.3. The minimum atomic E-state index is 0.765. The summed E-state index contributed by atoms with van der Waals surface area (Å²) in [7, 11) is 0. The monoisotopic (exact) mass is 260 g/mol. The summed E-state index contributed by atoms with van der Waals surface area (Å²) < 4.78 is 0. The van der Waals surface area contributed by atoms with Crippen molar-refractivity contribution in [2.75, 3.05) is 18.0 Å². The molecular formula is C15H17ClN2. The molecule has 1 aromatic heterocycles. The van der Waals surface area contributed by atoms with Crippen molar-refractivity contribution < 1.29 is 0 Å². The van der Waals surface area contributed by atoms with Crippen LogP contribution < -0.4 is 4.90 Å². The molecule has 2 aromatic rings. The van der Waals surface area contributed by atoms with Crippen molar-refractivity contribution >= 4 is 28.2 Å². The lowest BCUT2D eigenvalue weighted by molar-refractivity contribution is 0.447. The molecule has 2 heterocycles. The molecule has 0 radical (unpaired) electrons. The van der Waals surface area contributed by atoms with Gasteiger partial charge in [0.1, 0.15) is 0 Å². The van der Waals surface area contributed by atoms with Crippen LogP contribution in [-0.2, 0) is 0 Å². The normalized spacial score (nSPS) is 20.3. The summed E-state index contributed by atoms with van der Waals surface area (Å²) in [6.07, 6.45) is 4.50. The molecule has 1 aromatic carbocycles. The highest BCUT2D eigenvalue weighted by Crippen LogP contribution is 2.30. The number of fused-ring (bicyclic) bond motifs is 1. The summed E-state index contributed by atoms with van der Waals surface area (Å²) in [5.74, 6) is 0.765. The van der Waals surface area contributed by atoms with Gasteiger partial charge in [-0.3, -0.25) is 4.98 Å². The van der Waals surface area contributed by atoms with Gasteiger partial charge in [-0.2, -0.15) is 0 Å². The Bertz CT molecular complexity index is 567. The van der Waals surface area contributed by atoms with Crippen molar-refractivity contribution in [3.63, 3.8) is 0 Å². The van der Waals surface area contributed by atoms with E-state index in [0.717, 1.165) is 29.5 Å². The van der Waals surface area contributed by atoms with Gasteiger partial charge in [0.15, 0.2) is 0 Å². The maximum Gasteiger partial charge on any atom is 0.0723 e. The fraction of sp³-hybridized carbons (Fsp3) is 0.400. The Balaban J connectivity index is 2.07. The number of nitrogens with zero attached hydrogens (tertiary/aromatic N) is 2. The van der Waals surface area contributed by atoms with E-state index in [2.05, 4.69) is 22.9 Å². The van der Waals surface area contributed by atoms with Gasteiger partial charge >= 0.3 is 0 Å². The van der Waals surface area contributed by atoms with Crippen LogP contribution in [-0.4, -0.2) is 18.1 Å². The second-order valence-corrected chi connectivity index (χ2v) is 5.62. The molecule has 1 unspecified atom stereocenters. The summed E-state index contributed by atoms with van der Waals surface area (Å²) in [6.45, 7) is 4.59. The predicted molar refractivity (Wildman–Crippen MR) is 77.4 cm³/mol. The van der Waals surface area contributed by atoms with E-state index in [1.807, 2.05) is 24.4 Å². The Morgan fingerprint density at radius 3 is 3.06 bits per heavy atom. The standard InChI is InChI=1S/C15H17ClN2/c1-11-3-2-8-18(10-11)15-6-7-17-14-5-4-12(16)9-13(14)15/h4-7,9,11H,2-3,8,10H2,1H3. The average molecular weight is 261 g/mol. The number of halogens is 1. The summed E-state index contributed by atoms with van der Waals surface area (Å²) in [5, 5.41) is 1.95. The Hall–Kier alpha value is -1.28. The van der Waals surface area contributed by atoms with Crippen LogP contribution in [0.4, 0.5) is 5.69 Å². The van der Waals surface area contributed by atoms with Crippen LogP contribution in [0.25, 0.3) is 10.9 Å². The van der Waals surface area contributed by atoms with Crippen LogP contribution >= 0.6 is 11.6 Å². The number of hydrogen-bond donors (Lipinski definition) is 0. The van der Waals surface area contributed by atoms with E-state index >= 15 is 0 Å². The van der Waals surface area contributed by atoms with E-state index in [4.69, 9.17) is 11.6 Å². The minimum absolute atomic E-state index is 0.765. The topological polar surface area (TPSA) is 16.1 Å². The Morgan fingerprint density at radius 2 is 2.22 bits per heavy atom. The lowest BCUT2D eigenvalue weighted by Gasteiger charge is -2.33. The highest BCUT2D eigenvalue weighted by Gasteiger charge is 2.18. The second kappa shape index (κ2) is 4.77. The zero-order valence-electron chi connectivity index (χ0n) is 10.6. The quantitative estimate of drug-likeness (QED) is 0.767. The van der Waals surface area contributed by atoms with E-state index in [1.165, 1.54) is 23.9 Å². The van der Waals surface area contributed by atoms with E-state index in [1.54, 1.807) is 0 Å². The van der Waals surface area contributed by atoms with Gasteiger partial charge in [0.05, 0.1) is 5.52 Å². The maximum absolute atomic E-state index is 6.11. The van der Waals surface area contributed by atoms with Gasteiger partial charge < -0.3 is 4.90 Å². The summed E-state index contributed by atoms with van der Waals surface area (Å²) in [5.41, 5.74) is 2.30. The van der Waals surface area contributed by atoms with Gasteiger partial charge in [-0.25, -0.2) is 0 Å². The third-order valence-corrected chi connectivity index (χ3v) is 3.91. The van der Waals surface area contributed by atoms with Crippen molar-refractivity contribution in [1.29, 1.82) is 0 Å². The molecule has 0 spiro atoms. The molecule has 3 heteroatoms. The van der Waals surface area contributed by atoms with Gasteiger partial charge in [0.2, 0.25) is 0 Å². The third kappa shape index (κ3) is 2.17. The van der Waals surface area contributed by atoms with Gasteiger partial charge in [-0.15, -0.1) is 0 Å². The first-order valence-corrected chi connectivity index (χ1v) is 6.91. The first-order chi connectivity index (χ1) is 8.74. The molecule has 18 heavy (non-hydrogen) atoms. The summed E-state index contributed by atoms with van der Waals surface area (Å²) >= 11 is 6.11. The highest BCUT2D eigenvalue weighted by atomic mass is 35.5. The molecule has 2 nitrogen and oxygen atoms in total. The number of piperidine rings is 1. The molecule has 1 saturated heterocycles. The fourth-order valence-corrected chi connectivity index (χ4v) is 2.96. The average Bonchev–Trinajstić information content (AvgIpc) is 2.38. The lowest BCUT2D eigenvalue weighted by Crippen LogP contribution is -2.34. The van der Waals surface area contributed by atoms with Crippen LogP contribution in [0, 0.1) is 5.92 Å². The largest absolute Gasteiger partial charge is 0.371 e. The molecule has 0 saturated carbocycles. The van der Waals surface area contributed by atoms with E-state index < -0.39 is 0 Å². The van der Waals surface area contributed by atoms with Crippen LogP contribution in [0.5, 0.6) is 0 Å². The van der Waals surface area contributed by atoms with Crippen molar-refractivity contribution in [3.05, 3.63) is 35.5 Å². The van der Waals surface area contributed by atoms with Crippen molar-refractivity contribution in [2.24, 2.45) is 5.92 Å². The number of hydrogen-bond acceptors (Lipinski definition) is 2. The molecule has 0 amide bonds. The zero-order chi connectivity index (χ0) is 12.5. The number of benzene rings is 1. The molecule has 1 atom stereocenters. The maximum atomic E-state index is 6.11. The number of anilines is 1. The molecule has 94 valence electrons. The Morgan fingerprint density at radius 1 is 1.33 bits per heavy atom. The van der Waals surface area contributed by atoms with Crippen molar-refractivity contribution in [1.82, 2.24) is 4.98 Å². The summed E-state index contributed by atoms with van der Waals surface area (Å²) in [4.78, 5) is 6.88. The predicted octanol–water partition coefficient (Wildman–Crippen LogP) is 4.12. The van der Waals surface area contributed by atoms with Gasteiger partial charge in [-0.05, 0) is 43.0 Å². The SMILES string of the molecule is CC1CCCN(c2ccnc3ccc(Cl)cc23)C1. The molecule has 3 rings (SSSR count). The molecule has 1 aliphatic rings. The van der Waals surface area contributed by atoms with Crippen LogP contribution in [0.2, 0.25) is 5.02 Å². The molecule has 1 aliphatic heterocycles. The third-order valence-electron chi connectivity index (χ3n) is 3.68. The first-order valence-electron chi connectivity index (χ1n) is 6.53. The van der Waals surface area contributed by atoms with E-state index in [0.29, 0.717) is 0 Å². The molecular weight excluding hydrogens is 244 g/mol. The van der Waals surface area contributed by atoms with Gasteiger partial charge in [0.25, 0.3) is 0 Å². The fourth-order valence-electron chi connectivity index (χ4n) is 2.79. The second-order valence-electron chi connectivity index (χ2n) is 5.18. The van der Waals surface area contributed by atoms with Crippen LogP contribution in [0.1, 0.15) is 19.8 Å². The van der Waals surface area contributed by atoms with E-state index in [9.17, 15) is 0 Å². The van der Waals surface area contributed by atoms with Gasteiger partial charge in [-0.1, -0.05) is 18.5 Å². The molecule has 1 fully saturated rings. The minimum Gasteiger partial charge on any atom is -0.371 e. The number of aromatic nitrogens is 1. The summed E-state index contributed by atoms with van der Waals surface area (Å²) in [6, 6.07) is 8.03. The molecule has 0 bridgehead atoms. The van der Waals surface area contributed by atoms with Crippen molar-refractivity contribution in [3.8, 4) is 0 Å². The smallest absolute Gasteiger partial charge is 0.0723 e. The van der Waals surface area contributed by atoms with Crippen LogP contribution in [0.15, 0.2) is 30.5 Å². The first kappa shape index (κ1) is 11.8. The molecule has 0 aliphatic carbocycles. The van der Waals surface area contributed by atoms with Gasteiger partial charge in [0, 0.05) is 35.4 Å². The van der Waals surface area contributed by atoms with E-state index in [-0.39, 0.29) is 0 Å². The Kier molecular flexibility index (Phi) is 3.13.